The van der Waals surface area contributed by atoms with Crippen LogP contribution in [0.2, 0.25) is 0 Å². The van der Waals surface area contributed by atoms with E-state index in [1.807, 2.05) is 31.2 Å². The number of urea groups is 1. The first-order chi connectivity index (χ1) is 16.8. The van der Waals surface area contributed by atoms with Gasteiger partial charge in [-0.05, 0) is 54.1 Å². The van der Waals surface area contributed by atoms with Crippen LogP contribution in [0.25, 0.3) is 15.9 Å². The molecule has 178 valence electrons. The van der Waals surface area contributed by atoms with Crippen LogP contribution in [0.3, 0.4) is 0 Å². The van der Waals surface area contributed by atoms with Crippen LogP contribution in [0.15, 0.2) is 54.9 Å². The van der Waals surface area contributed by atoms with E-state index in [0.29, 0.717) is 11.3 Å². The Morgan fingerprint density at radius 3 is 2.74 bits per heavy atom. The summed E-state index contributed by atoms with van der Waals surface area (Å²) in [7, 11) is 1.65. The first-order valence-corrected chi connectivity index (χ1v) is 11.7. The Bertz CT molecular complexity index is 1400. The number of hydrogen-bond acceptors (Lipinski definition) is 8. The number of para-hydroxylation sites is 1. The largest absolute Gasteiger partial charge is 0.335 e. The first kappa shape index (κ1) is 22.6. The molecule has 1 aliphatic rings. The number of hydrogen-bond donors (Lipinski definition) is 1. The van der Waals surface area contributed by atoms with E-state index in [0.717, 1.165) is 20.1 Å². The molecule has 11 nitrogen and oxygen atoms in total. The van der Waals surface area contributed by atoms with Crippen LogP contribution in [0.5, 0.6) is 0 Å². The lowest BCUT2D eigenvalue weighted by Crippen LogP contribution is -2.44. The minimum Gasteiger partial charge on any atom is -0.335 e. The Hall–Kier alpha value is -4.19. The number of amides is 4. The molecule has 1 fully saturated rings. The Morgan fingerprint density at radius 1 is 1.20 bits per heavy atom. The number of imide groups is 1. The molecule has 0 aliphatic carbocycles. The molecular weight excluding hydrogens is 468 g/mol. The molecule has 4 aromatic rings. The van der Waals surface area contributed by atoms with E-state index < -0.39 is 17.5 Å². The molecule has 1 saturated heterocycles. The number of fused-ring (bicyclic) bond motifs is 1. The average Bonchev–Trinajstić information content (AvgIpc) is 3.59. The van der Waals surface area contributed by atoms with Gasteiger partial charge in [-0.2, -0.15) is 0 Å². The van der Waals surface area contributed by atoms with E-state index in [4.69, 9.17) is 0 Å². The maximum Gasteiger partial charge on any atom is 0.325 e. The van der Waals surface area contributed by atoms with Gasteiger partial charge in [0.15, 0.2) is 0 Å². The maximum absolute atomic E-state index is 13.4. The topological polar surface area (TPSA) is 126 Å². The first-order valence-electron chi connectivity index (χ1n) is 10.9. The summed E-state index contributed by atoms with van der Waals surface area (Å²) in [6.45, 7) is 3.11. The van der Waals surface area contributed by atoms with Crippen LogP contribution < -0.4 is 5.32 Å². The molecule has 1 aliphatic heterocycles. The number of nitrogens with zero attached hydrogens (tertiary/aromatic N) is 7. The van der Waals surface area contributed by atoms with Crippen molar-refractivity contribution < 1.29 is 14.4 Å². The number of tetrazole rings is 1. The molecule has 35 heavy (non-hydrogen) atoms. The van der Waals surface area contributed by atoms with Crippen LogP contribution in [0.4, 0.5) is 4.79 Å². The monoisotopic (exact) mass is 490 g/mol. The standard InChI is InChI=1S/C23H22N8O3S/c1-14(20-25-17-9-4-5-10-18(17)35-20)29(3)19(32)12-30-21(33)23(2,26-22(30)34)15-7-6-8-16(11-15)31-13-24-27-28-31/h4-11,13-14H,12H2,1-3H3,(H,26,34)/t14-,23+/m0/s1. The lowest BCUT2D eigenvalue weighted by Gasteiger charge is -2.26. The molecule has 0 unspecified atom stereocenters. The summed E-state index contributed by atoms with van der Waals surface area (Å²) in [5.41, 5.74) is 0.720. The molecule has 4 amide bonds. The van der Waals surface area contributed by atoms with E-state index in [1.54, 1.807) is 38.2 Å². The second-order valence-electron chi connectivity index (χ2n) is 8.45. The zero-order valence-electron chi connectivity index (χ0n) is 19.2. The van der Waals surface area contributed by atoms with Crippen molar-refractivity contribution in [1.82, 2.24) is 40.3 Å². The Kier molecular flexibility index (Phi) is 5.52. The van der Waals surface area contributed by atoms with Gasteiger partial charge in [-0.3, -0.25) is 14.5 Å². The smallest absolute Gasteiger partial charge is 0.325 e. The summed E-state index contributed by atoms with van der Waals surface area (Å²) in [6.07, 6.45) is 1.43. The number of carbonyl (C=O) groups excluding carboxylic acids is 3. The number of carbonyl (C=O) groups is 3. The molecule has 0 spiro atoms. The molecule has 1 N–H and O–H groups in total. The Morgan fingerprint density at radius 2 is 2.00 bits per heavy atom. The number of aromatic nitrogens is 5. The van der Waals surface area contributed by atoms with Crippen LogP contribution in [0.1, 0.15) is 30.5 Å². The van der Waals surface area contributed by atoms with Gasteiger partial charge in [0.05, 0.1) is 21.9 Å². The Balaban J connectivity index is 1.33. The fraction of sp³-hybridized carbons (Fsp3) is 0.261. The number of likely N-dealkylation sites (N-methyl/N-ethyl adjacent to an activating group) is 1. The number of thiazole rings is 1. The summed E-state index contributed by atoms with van der Waals surface area (Å²) in [5.74, 6) is -0.877. The van der Waals surface area contributed by atoms with Crippen LogP contribution in [-0.4, -0.2) is 66.4 Å². The molecule has 0 radical (unpaired) electrons. The predicted molar refractivity (Wildman–Crippen MR) is 128 cm³/mol. The summed E-state index contributed by atoms with van der Waals surface area (Å²) in [5, 5.41) is 14.6. The van der Waals surface area contributed by atoms with Crippen molar-refractivity contribution in [3.05, 3.63) is 65.4 Å². The third-order valence-corrected chi connectivity index (χ3v) is 7.45. The highest BCUT2D eigenvalue weighted by atomic mass is 32.1. The molecule has 5 rings (SSSR count). The van der Waals surface area contributed by atoms with Crippen LogP contribution in [-0.2, 0) is 15.1 Å². The van der Waals surface area contributed by atoms with Crippen LogP contribution >= 0.6 is 11.3 Å². The quantitative estimate of drug-likeness (QED) is 0.411. The minimum absolute atomic E-state index is 0.319. The van der Waals surface area contributed by atoms with Crippen molar-refractivity contribution in [3.8, 4) is 5.69 Å². The fourth-order valence-electron chi connectivity index (χ4n) is 3.97. The van der Waals surface area contributed by atoms with Crippen molar-refractivity contribution in [2.45, 2.75) is 25.4 Å². The fourth-order valence-corrected chi connectivity index (χ4v) is 5.04. The van der Waals surface area contributed by atoms with Gasteiger partial charge in [0, 0.05) is 7.05 Å². The van der Waals surface area contributed by atoms with Gasteiger partial charge >= 0.3 is 6.03 Å². The lowest BCUT2D eigenvalue weighted by atomic mass is 9.91. The second-order valence-corrected chi connectivity index (χ2v) is 9.51. The molecule has 0 saturated carbocycles. The van der Waals surface area contributed by atoms with Crippen molar-refractivity contribution in [2.24, 2.45) is 0 Å². The van der Waals surface area contributed by atoms with Gasteiger partial charge in [0.1, 0.15) is 23.4 Å². The third kappa shape index (κ3) is 3.91. The molecular formula is C23H22N8O3S. The Labute approximate surface area is 204 Å². The van der Waals surface area contributed by atoms with E-state index in [2.05, 4.69) is 25.8 Å². The van der Waals surface area contributed by atoms with Gasteiger partial charge < -0.3 is 10.2 Å². The van der Waals surface area contributed by atoms with Crippen molar-refractivity contribution in [2.75, 3.05) is 13.6 Å². The van der Waals surface area contributed by atoms with E-state index in [1.165, 1.54) is 27.2 Å². The summed E-state index contributed by atoms with van der Waals surface area (Å²) in [6, 6.07) is 13.8. The number of benzene rings is 2. The van der Waals surface area contributed by atoms with Gasteiger partial charge in [0.2, 0.25) is 5.91 Å². The number of nitrogens with one attached hydrogen (secondary N) is 1. The molecule has 2 atom stereocenters. The van der Waals surface area contributed by atoms with Gasteiger partial charge in [-0.1, -0.05) is 24.3 Å². The summed E-state index contributed by atoms with van der Waals surface area (Å²) < 4.78 is 2.48. The minimum atomic E-state index is -1.33. The molecule has 12 heteroatoms. The van der Waals surface area contributed by atoms with Crippen molar-refractivity contribution >= 4 is 39.4 Å². The summed E-state index contributed by atoms with van der Waals surface area (Å²) >= 11 is 1.51. The molecule has 2 aromatic heterocycles. The van der Waals surface area contributed by atoms with E-state index >= 15 is 0 Å². The molecule has 3 heterocycles. The molecule has 2 aromatic carbocycles. The normalized spacial score (nSPS) is 18.7. The van der Waals surface area contributed by atoms with Crippen molar-refractivity contribution in [3.63, 3.8) is 0 Å². The van der Waals surface area contributed by atoms with Gasteiger partial charge in [-0.25, -0.2) is 14.5 Å². The van der Waals surface area contributed by atoms with E-state index in [9.17, 15) is 14.4 Å². The number of rotatable bonds is 6. The highest BCUT2D eigenvalue weighted by Gasteiger charge is 2.50. The zero-order chi connectivity index (χ0) is 24.7. The van der Waals surface area contributed by atoms with Crippen LogP contribution in [0, 0.1) is 0 Å². The van der Waals surface area contributed by atoms with Gasteiger partial charge in [-0.15, -0.1) is 16.4 Å². The average molecular weight is 491 g/mol. The third-order valence-electron chi connectivity index (χ3n) is 6.25. The highest BCUT2D eigenvalue weighted by molar-refractivity contribution is 7.18. The molecule has 0 bridgehead atoms. The lowest BCUT2D eigenvalue weighted by molar-refractivity contribution is -0.139. The van der Waals surface area contributed by atoms with Gasteiger partial charge in [0.25, 0.3) is 5.91 Å². The summed E-state index contributed by atoms with van der Waals surface area (Å²) in [4.78, 5) is 46.3. The SMILES string of the molecule is C[C@@H](c1nc2ccccc2s1)N(C)C(=O)CN1C(=O)N[C@](C)(c2cccc(-n3cnnn3)c2)C1=O. The van der Waals surface area contributed by atoms with E-state index in [-0.39, 0.29) is 18.5 Å². The highest BCUT2D eigenvalue weighted by Crippen LogP contribution is 2.31. The maximum atomic E-state index is 13.4. The second kappa shape index (κ2) is 8.55. The zero-order valence-corrected chi connectivity index (χ0v) is 20.1. The predicted octanol–water partition coefficient (Wildman–Crippen LogP) is 2.26. The van der Waals surface area contributed by atoms with Crippen molar-refractivity contribution in [1.29, 1.82) is 0 Å².